The van der Waals surface area contributed by atoms with Gasteiger partial charge in [0.05, 0.1) is 32.6 Å². The van der Waals surface area contributed by atoms with E-state index in [0.717, 1.165) is 22.4 Å². The van der Waals surface area contributed by atoms with Crippen LogP contribution in [0, 0.1) is 0 Å². The van der Waals surface area contributed by atoms with Crippen molar-refractivity contribution in [1.82, 2.24) is 10.0 Å². The number of benzene rings is 2. The van der Waals surface area contributed by atoms with Crippen molar-refractivity contribution in [2.24, 2.45) is 0 Å². The first-order valence-corrected chi connectivity index (χ1v) is 9.61. The molecule has 3 aliphatic heterocycles. The zero-order valence-electron chi connectivity index (χ0n) is 17.3. The Labute approximate surface area is 174 Å². The van der Waals surface area contributed by atoms with E-state index in [0.29, 0.717) is 47.3 Å². The van der Waals surface area contributed by atoms with E-state index in [1.54, 1.807) is 19.2 Å². The van der Waals surface area contributed by atoms with Crippen molar-refractivity contribution in [3.8, 4) is 28.7 Å². The highest BCUT2D eigenvalue weighted by Crippen LogP contribution is 2.49. The fourth-order valence-electron chi connectivity index (χ4n) is 4.32. The van der Waals surface area contributed by atoms with Crippen molar-refractivity contribution >= 4 is 17.7 Å². The second-order valence-electron chi connectivity index (χ2n) is 7.22. The van der Waals surface area contributed by atoms with Crippen LogP contribution in [0.15, 0.2) is 18.2 Å². The molecule has 0 spiro atoms. The Kier molecular flexibility index (Phi) is 4.25. The summed E-state index contributed by atoms with van der Waals surface area (Å²) < 4.78 is 27.9. The van der Waals surface area contributed by atoms with Crippen molar-refractivity contribution < 1.29 is 28.5 Å². The lowest BCUT2D eigenvalue weighted by atomic mass is 9.98. The normalized spacial score (nSPS) is 18.6. The van der Waals surface area contributed by atoms with E-state index in [9.17, 15) is 4.79 Å². The number of hydrazine groups is 1. The summed E-state index contributed by atoms with van der Waals surface area (Å²) in [7, 11) is 6.61. The summed E-state index contributed by atoms with van der Waals surface area (Å²) in [4.78, 5) is 13.4. The Hall–Kier alpha value is -3.39. The van der Waals surface area contributed by atoms with Gasteiger partial charge in [0.25, 0.3) is 5.91 Å². The lowest BCUT2D eigenvalue weighted by Crippen LogP contribution is -2.41. The molecule has 2 aromatic rings. The lowest BCUT2D eigenvalue weighted by Gasteiger charge is -2.31. The zero-order valence-corrected chi connectivity index (χ0v) is 17.3. The van der Waals surface area contributed by atoms with E-state index in [4.69, 9.17) is 23.7 Å². The van der Waals surface area contributed by atoms with Gasteiger partial charge in [0.2, 0.25) is 12.5 Å². The molecule has 0 atom stereocenters. The molecule has 0 saturated heterocycles. The van der Waals surface area contributed by atoms with Crippen molar-refractivity contribution in [2.75, 3.05) is 41.7 Å². The summed E-state index contributed by atoms with van der Waals surface area (Å²) >= 11 is 0. The molecule has 0 aliphatic carbocycles. The third-order valence-electron chi connectivity index (χ3n) is 5.73. The Morgan fingerprint density at radius 3 is 2.57 bits per heavy atom. The number of ether oxygens (including phenoxy) is 5. The van der Waals surface area contributed by atoms with Gasteiger partial charge in [-0.3, -0.25) is 4.79 Å². The molecule has 1 amide bonds. The molecule has 0 N–H and O–H groups in total. The fraction of sp³-hybridized carbons (Fsp3) is 0.318. The average Bonchev–Trinajstić information content (AvgIpc) is 3.32. The highest BCUT2D eigenvalue weighted by Gasteiger charge is 2.40. The monoisotopic (exact) mass is 410 g/mol. The van der Waals surface area contributed by atoms with Crippen LogP contribution in [-0.2, 0) is 6.42 Å². The second-order valence-corrected chi connectivity index (χ2v) is 7.22. The number of rotatable bonds is 3. The van der Waals surface area contributed by atoms with Gasteiger partial charge in [0.1, 0.15) is 0 Å². The first kappa shape index (κ1) is 18.6. The first-order valence-electron chi connectivity index (χ1n) is 9.61. The van der Waals surface area contributed by atoms with Gasteiger partial charge in [-0.2, -0.15) is 0 Å². The third-order valence-corrected chi connectivity index (χ3v) is 5.73. The maximum absolute atomic E-state index is 13.4. The van der Waals surface area contributed by atoms with E-state index >= 15 is 0 Å². The van der Waals surface area contributed by atoms with Crippen LogP contribution in [0.4, 0.5) is 0 Å². The standard InChI is InChI=1S/C22H22N2O6/c1-23-8-7-12-9-17-21(30-11-29-17)19(27-3)14(12)10-15-13-5-6-16(26-2)20(28-4)18(13)22(25)24(15)23/h5-6,9-10H,7-8,11H2,1-4H3/b15-10-. The Bertz CT molecular complexity index is 1090. The summed E-state index contributed by atoms with van der Waals surface area (Å²) in [5.74, 6) is 2.67. The molecule has 3 aliphatic rings. The van der Waals surface area contributed by atoms with Gasteiger partial charge in [-0.25, -0.2) is 10.0 Å². The molecule has 5 rings (SSSR count). The van der Waals surface area contributed by atoms with Crippen LogP contribution in [0.1, 0.15) is 27.0 Å². The zero-order chi connectivity index (χ0) is 21.0. The number of likely N-dealkylation sites (N-methyl/N-ethyl adjacent to an activating group) is 1. The molecule has 0 saturated carbocycles. The number of carbonyl (C=O) groups excluding carboxylic acids is 1. The molecule has 30 heavy (non-hydrogen) atoms. The molecule has 0 radical (unpaired) electrons. The number of hydrogen-bond acceptors (Lipinski definition) is 7. The molecule has 156 valence electrons. The smallest absolute Gasteiger partial charge is 0.277 e. The highest BCUT2D eigenvalue weighted by molar-refractivity contribution is 6.14. The molecule has 0 bridgehead atoms. The predicted molar refractivity (Wildman–Crippen MR) is 109 cm³/mol. The summed E-state index contributed by atoms with van der Waals surface area (Å²) in [5, 5.41) is 3.60. The lowest BCUT2D eigenvalue weighted by molar-refractivity contribution is 0.0419. The van der Waals surface area contributed by atoms with Crippen molar-refractivity contribution in [3.63, 3.8) is 0 Å². The number of nitrogens with zero attached hydrogens (tertiary/aromatic N) is 2. The maximum Gasteiger partial charge on any atom is 0.277 e. The second kappa shape index (κ2) is 6.84. The largest absolute Gasteiger partial charge is 0.493 e. The van der Waals surface area contributed by atoms with E-state index < -0.39 is 0 Å². The van der Waals surface area contributed by atoms with Crippen LogP contribution in [0.2, 0.25) is 0 Å². The minimum Gasteiger partial charge on any atom is -0.493 e. The SMILES string of the molecule is COc1ccc2c(c1OC)C(=O)N1/C2=C\c2c(cc3c(c2OC)OCO3)CCN1C. The first-order chi connectivity index (χ1) is 14.6. The van der Waals surface area contributed by atoms with Gasteiger partial charge in [-0.15, -0.1) is 0 Å². The van der Waals surface area contributed by atoms with Crippen LogP contribution in [0.5, 0.6) is 28.7 Å². The van der Waals surface area contributed by atoms with E-state index in [2.05, 4.69) is 0 Å². The van der Waals surface area contributed by atoms with Gasteiger partial charge < -0.3 is 23.7 Å². The van der Waals surface area contributed by atoms with Crippen molar-refractivity contribution in [1.29, 1.82) is 0 Å². The molecular weight excluding hydrogens is 388 g/mol. The molecule has 0 unspecified atom stereocenters. The van der Waals surface area contributed by atoms with Gasteiger partial charge in [0.15, 0.2) is 23.0 Å². The van der Waals surface area contributed by atoms with Crippen LogP contribution >= 0.6 is 0 Å². The Morgan fingerprint density at radius 2 is 1.83 bits per heavy atom. The number of fused-ring (bicyclic) bond motifs is 5. The highest BCUT2D eigenvalue weighted by atomic mass is 16.7. The molecule has 8 heteroatoms. The molecule has 0 fully saturated rings. The quantitative estimate of drug-likeness (QED) is 0.771. The van der Waals surface area contributed by atoms with Crippen molar-refractivity contribution in [2.45, 2.75) is 6.42 Å². The van der Waals surface area contributed by atoms with Gasteiger partial charge in [-0.05, 0) is 36.3 Å². The van der Waals surface area contributed by atoms with Gasteiger partial charge in [0, 0.05) is 24.7 Å². The summed E-state index contributed by atoms with van der Waals surface area (Å²) in [6.45, 7) is 0.793. The van der Waals surface area contributed by atoms with E-state index in [1.165, 1.54) is 7.11 Å². The van der Waals surface area contributed by atoms with Gasteiger partial charge in [-0.1, -0.05) is 0 Å². The average molecular weight is 410 g/mol. The number of amides is 1. The van der Waals surface area contributed by atoms with E-state index in [-0.39, 0.29) is 12.7 Å². The topological polar surface area (TPSA) is 69.7 Å². The Balaban J connectivity index is 1.78. The van der Waals surface area contributed by atoms with Crippen LogP contribution < -0.4 is 23.7 Å². The van der Waals surface area contributed by atoms with Crippen molar-refractivity contribution in [3.05, 3.63) is 40.5 Å². The molecule has 2 aromatic carbocycles. The minimum absolute atomic E-state index is 0.155. The molecule has 3 heterocycles. The minimum atomic E-state index is -0.155. The van der Waals surface area contributed by atoms with Crippen LogP contribution in [0.3, 0.4) is 0 Å². The van der Waals surface area contributed by atoms with Crippen LogP contribution in [0.25, 0.3) is 11.8 Å². The predicted octanol–water partition coefficient (Wildman–Crippen LogP) is 2.80. The maximum atomic E-state index is 13.4. The molecular formula is C22H22N2O6. The fourth-order valence-corrected chi connectivity index (χ4v) is 4.32. The van der Waals surface area contributed by atoms with Gasteiger partial charge >= 0.3 is 0 Å². The summed E-state index contributed by atoms with van der Waals surface area (Å²) in [6, 6.07) is 5.69. The molecule has 8 nitrogen and oxygen atoms in total. The van der Waals surface area contributed by atoms with E-state index in [1.807, 2.05) is 36.3 Å². The Morgan fingerprint density at radius 1 is 1.03 bits per heavy atom. The number of hydrogen-bond donors (Lipinski definition) is 0. The number of carbonyl (C=O) groups is 1. The summed E-state index contributed by atoms with van der Waals surface area (Å²) in [6.07, 6.45) is 2.69. The number of methoxy groups -OCH3 is 3. The third kappa shape index (κ3) is 2.46. The summed E-state index contributed by atoms with van der Waals surface area (Å²) in [5.41, 5.74) is 3.95. The van der Waals surface area contributed by atoms with Crippen LogP contribution in [-0.4, -0.2) is 57.6 Å². The molecule has 0 aromatic heterocycles.